The van der Waals surface area contributed by atoms with Crippen molar-refractivity contribution in [2.24, 2.45) is 52.3 Å². The lowest BCUT2D eigenvalue weighted by Gasteiger charge is -2.59. The molecule has 1 aliphatic heterocycles. The van der Waals surface area contributed by atoms with E-state index in [0.29, 0.717) is 28.8 Å². The Balaban J connectivity index is 1.39. The van der Waals surface area contributed by atoms with Crippen molar-refractivity contribution in [3.8, 4) is 0 Å². The maximum absolute atomic E-state index is 6.85. The number of fused-ring (bicyclic) bond motifs is 3. The van der Waals surface area contributed by atoms with Gasteiger partial charge in [0, 0.05) is 0 Å². The fourth-order valence-electron chi connectivity index (χ4n) is 9.30. The summed E-state index contributed by atoms with van der Waals surface area (Å²) in [6, 6.07) is 0. The van der Waals surface area contributed by atoms with Crippen LogP contribution in [-0.4, -0.2) is 11.7 Å². The molecule has 164 valence electrons. The van der Waals surface area contributed by atoms with Crippen molar-refractivity contribution >= 4 is 0 Å². The molecular formula is C28H46O. The van der Waals surface area contributed by atoms with Crippen LogP contribution >= 0.6 is 0 Å². The zero-order valence-corrected chi connectivity index (χ0v) is 20.0. The summed E-state index contributed by atoms with van der Waals surface area (Å²) in [7, 11) is 0. The van der Waals surface area contributed by atoms with E-state index in [1.54, 1.807) is 0 Å². The average molecular weight is 399 g/mol. The Morgan fingerprint density at radius 2 is 1.59 bits per heavy atom. The zero-order valence-electron chi connectivity index (χ0n) is 20.0. The van der Waals surface area contributed by atoms with Gasteiger partial charge in [-0.15, -0.1) is 0 Å². The molecule has 5 rings (SSSR count). The summed E-state index contributed by atoms with van der Waals surface area (Å²) in [5.74, 6) is 5.60. The fourth-order valence-corrected chi connectivity index (χ4v) is 9.30. The normalized spacial score (nSPS) is 53.1. The second-order valence-electron chi connectivity index (χ2n) is 12.8. The predicted octanol–water partition coefficient (Wildman–Crippen LogP) is 7.65. The quantitative estimate of drug-likeness (QED) is 0.350. The minimum atomic E-state index is 0.277. The summed E-state index contributed by atoms with van der Waals surface area (Å²) >= 11 is 0. The van der Waals surface area contributed by atoms with Gasteiger partial charge >= 0.3 is 0 Å². The van der Waals surface area contributed by atoms with Gasteiger partial charge in [-0.3, -0.25) is 0 Å². The highest BCUT2D eigenvalue weighted by Gasteiger charge is 2.78. The summed E-state index contributed by atoms with van der Waals surface area (Å²) in [5, 5.41) is 0. The first kappa shape index (κ1) is 20.6. The molecule has 1 nitrogen and oxygen atoms in total. The SMILES string of the molecule is CC(C)[C@@H](C)/C=C/[C@@H](C)[C@@H]1CC[C@@H]2[C@]1(C)CC[C@@H]1[C@]3(C)CCCC[C@@H]3C[C@H]3O[C@@]213. The van der Waals surface area contributed by atoms with E-state index in [-0.39, 0.29) is 5.60 Å². The van der Waals surface area contributed by atoms with E-state index in [2.05, 4.69) is 53.7 Å². The van der Waals surface area contributed by atoms with Gasteiger partial charge in [-0.25, -0.2) is 0 Å². The van der Waals surface area contributed by atoms with E-state index < -0.39 is 0 Å². The van der Waals surface area contributed by atoms with Gasteiger partial charge in [0.1, 0.15) is 5.60 Å². The van der Waals surface area contributed by atoms with Crippen LogP contribution in [0.3, 0.4) is 0 Å². The van der Waals surface area contributed by atoms with Crippen LogP contribution in [0.4, 0.5) is 0 Å². The highest BCUT2D eigenvalue weighted by Crippen LogP contribution is 2.76. The average Bonchev–Trinajstić information content (AvgIpc) is 3.26. The van der Waals surface area contributed by atoms with Crippen LogP contribution in [0.5, 0.6) is 0 Å². The lowest BCUT2D eigenvalue weighted by Crippen LogP contribution is -2.58. The van der Waals surface area contributed by atoms with Crippen LogP contribution in [0.2, 0.25) is 0 Å². The molecule has 0 N–H and O–H groups in total. The third-order valence-electron chi connectivity index (χ3n) is 11.4. The van der Waals surface area contributed by atoms with Crippen LogP contribution in [-0.2, 0) is 4.74 Å². The monoisotopic (exact) mass is 398 g/mol. The van der Waals surface area contributed by atoms with Gasteiger partial charge in [0.25, 0.3) is 0 Å². The predicted molar refractivity (Wildman–Crippen MR) is 122 cm³/mol. The molecule has 0 unspecified atom stereocenters. The molecular weight excluding hydrogens is 352 g/mol. The molecule has 5 aliphatic rings. The molecule has 29 heavy (non-hydrogen) atoms. The zero-order chi connectivity index (χ0) is 20.6. The summed E-state index contributed by atoms with van der Waals surface area (Å²) < 4.78 is 6.85. The van der Waals surface area contributed by atoms with Gasteiger partial charge in [0.05, 0.1) is 6.10 Å². The van der Waals surface area contributed by atoms with Crippen LogP contribution in [0.15, 0.2) is 12.2 Å². The Morgan fingerprint density at radius 1 is 0.828 bits per heavy atom. The molecule has 0 radical (unpaired) electrons. The number of ether oxygens (including phenoxy) is 1. The van der Waals surface area contributed by atoms with E-state index in [0.717, 1.165) is 29.6 Å². The van der Waals surface area contributed by atoms with Crippen molar-refractivity contribution in [2.75, 3.05) is 0 Å². The van der Waals surface area contributed by atoms with Gasteiger partial charge in [-0.05, 0) is 97.2 Å². The number of rotatable bonds is 4. The smallest absolute Gasteiger partial charge is 0.101 e. The lowest BCUT2D eigenvalue weighted by molar-refractivity contribution is -0.102. The molecule has 0 aromatic carbocycles. The first-order valence-electron chi connectivity index (χ1n) is 13.1. The molecule has 0 amide bonds. The summed E-state index contributed by atoms with van der Waals surface area (Å²) in [6.45, 7) is 14.9. The number of hydrogen-bond donors (Lipinski definition) is 0. The van der Waals surface area contributed by atoms with Crippen LogP contribution < -0.4 is 0 Å². The Hall–Kier alpha value is -0.300. The maximum atomic E-state index is 6.85. The molecule has 4 aliphatic carbocycles. The van der Waals surface area contributed by atoms with Crippen LogP contribution in [0.1, 0.15) is 99.3 Å². The first-order chi connectivity index (χ1) is 13.7. The topological polar surface area (TPSA) is 12.5 Å². The Labute approximate surface area is 180 Å². The highest BCUT2D eigenvalue weighted by atomic mass is 16.6. The van der Waals surface area contributed by atoms with Crippen molar-refractivity contribution in [1.29, 1.82) is 0 Å². The molecule has 1 saturated heterocycles. The largest absolute Gasteiger partial charge is 0.365 e. The Bertz CT molecular complexity index is 665. The molecule has 0 aromatic heterocycles. The van der Waals surface area contributed by atoms with Gasteiger partial charge < -0.3 is 4.74 Å². The van der Waals surface area contributed by atoms with Crippen molar-refractivity contribution in [1.82, 2.24) is 0 Å². The van der Waals surface area contributed by atoms with E-state index in [9.17, 15) is 0 Å². The molecule has 0 aromatic rings. The molecule has 0 bridgehead atoms. The molecule has 4 saturated carbocycles. The Morgan fingerprint density at radius 3 is 2.34 bits per heavy atom. The third-order valence-corrected chi connectivity index (χ3v) is 11.4. The molecule has 10 atom stereocenters. The minimum absolute atomic E-state index is 0.277. The molecule has 1 spiro atoms. The summed E-state index contributed by atoms with van der Waals surface area (Å²) in [6.07, 6.45) is 18.7. The standard InChI is InChI=1S/C28H46O/c1-18(2)19(3)10-11-20(4)22-12-13-23-27(22,6)16-14-24-26(5)15-8-7-9-21(26)17-25-28(23,24)29-25/h10-11,18-25H,7-9,12-17H2,1-6H3/b11-10+/t19-,20+,21+,22-,23+,24+,25+,26+,27+,28-/m0/s1. The third kappa shape index (κ3) is 2.81. The fraction of sp³-hybridized carbons (Fsp3) is 0.929. The molecule has 1 heteroatoms. The molecule has 1 heterocycles. The first-order valence-corrected chi connectivity index (χ1v) is 13.1. The van der Waals surface area contributed by atoms with E-state index in [1.165, 1.54) is 57.8 Å². The number of allylic oxidation sites excluding steroid dienone is 2. The summed E-state index contributed by atoms with van der Waals surface area (Å²) in [4.78, 5) is 0. The van der Waals surface area contributed by atoms with Gasteiger partial charge in [-0.1, -0.05) is 66.5 Å². The van der Waals surface area contributed by atoms with Gasteiger partial charge in [0.2, 0.25) is 0 Å². The van der Waals surface area contributed by atoms with Crippen LogP contribution in [0, 0.1) is 52.3 Å². The number of epoxide rings is 1. The second-order valence-corrected chi connectivity index (χ2v) is 12.8. The van der Waals surface area contributed by atoms with E-state index in [1.807, 2.05) is 0 Å². The van der Waals surface area contributed by atoms with Crippen molar-refractivity contribution < 1.29 is 4.74 Å². The van der Waals surface area contributed by atoms with Crippen molar-refractivity contribution in [2.45, 2.75) is 111 Å². The van der Waals surface area contributed by atoms with Crippen LogP contribution in [0.25, 0.3) is 0 Å². The van der Waals surface area contributed by atoms with E-state index in [4.69, 9.17) is 4.74 Å². The summed E-state index contributed by atoms with van der Waals surface area (Å²) in [5.41, 5.74) is 1.34. The number of hydrogen-bond acceptors (Lipinski definition) is 1. The van der Waals surface area contributed by atoms with Crippen molar-refractivity contribution in [3.63, 3.8) is 0 Å². The van der Waals surface area contributed by atoms with E-state index >= 15 is 0 Å². The molecule has 5 fully saturated rings. The van der Waals surface area contributed by atoms with Crippen molar-refractivity contribution in [3.05, 3.63) is 12.2 Å². The second kappa shape index (κ2) is 6.85. The lowest BCUT2D eigenvalue weighted by atomic mass is 9.44. The maximum Gasteiger partial charge on any atom is 0.101 e. The minimum Gasteiger partial charge on any atom is -0.365 e. The Kier molecular flexibility index (Phi) is 4.86. The highest BCUT2D eigenvalue weighted by molar-refractivity contribution is 5.26. The van der Waals surface area contributed by atoms with Gasteiger partial charge in [-0.2, -0.15) is 0 Å². The van der Waals surface area contributed by atoms with Gasteiger partial charge in [0.15, 0.2) is 0 Å².